The molecule has 1 aromatic rings. The number of Topliss-reactive ketones (excluding diaryl/α,β-unsaturated/α-hetero) is 2. The lowest BCUT2D eigenvalue weighted by Gasteiger charge is -2.38. The molecule has 3 aliphatic heterocycles. The van der Waals surface area contributed by atoms with Crippen LogP contribution in [0.5, 0.6) is 11.5 Å². The fraction of sp³-hybridized carbons (Fsp3) is 0.487. The highest BCUT2D eigenvalue weighted by Crippen LogP contribution is 2.48. The van der Waals surface area contributed by atoms with Crippen LogP contribution in [-0.4, -0.2) is 82.7 Å². The van der Waals surface area contributed by atoms with Crippen molar-refractivity contribution in [2.45, 2.75) is 92.5 Å². The van der Waals surface area contributed by atoms with Crippen molar-refractivity contribution in [3.05, 3.63) is 70.2 Å². The van der Waals surface area contributed by atoms with Crippen molar-refractivity contribution in [2.24, 2.45) is 23.7 Å². The van der Waals surface area contributed by atoms with Gasteiger partial charge in [-0.1, -0.05) is 45.9 Å². The molecule has 0 spiro atoms. The standard InChI is InChI=1S/C39H47NO13/c1-17-12-11-13-18(2)38(48)40-25-16-26(43)28-29(33(25)46)35(52-24(8)42)22(6)36-30(28)37(47)39(9,53-36)50-15-14-27(49-10)19(3)34(51-23(7)41)21(5)32(45)20(4)31(17)44/h11-17,19-21,27,31-32,34,44-45H,1-10H3,(H,40,48)/t17-,19+,20-,21-,27+,31-,32-,34-,39-/m0/s1. The minimum absolute atomic E-state index is 0.0600. The number of methoxy groups -OCH3 is 1. The molecule has 14 heteroatoms. The van der Waals surface area contributed by atoms with Crippen LogP contribution < -0.4 is 14.8 Å². The van der Waals surface area contributed by atoms with E-state index in [0.29, 0.717) is 0 Å². The van der Waals surface area contributed by atoms with Crippen LogP contribution in [0.2, 0.25) is 0 Å². The van der Waals surface area contributed by atoms with Crippen LogP contribution in [-0.2, 0) is 28.6 Å². The molecule has 0 saturated heterocycles. The Labute approximate surface area is 307 Å². The Kier molecular flexibility index (Phi) is 12.3. The number of ketones is 3. The van der Waals surface area contributed by atoms with E-state index in [1.54, 1.807) is 33.8 Å². The molecule has 4 aliphatic rings. The van der Waals surface area contributed by atoms with E-state index < -0.39 is 100 Å². The number of esters is 2. The average molecular weight is 738 g/mol. The van der Waals surface area contributed by atoms with Crippen LogP contribution in [0.4, 0.5) is 0 Å². The number of rotatable bonds is 3. The molecular weight excluding hydrogens is 690 g/mol. The van der Waals surface area contributed by atoms with Crippen molar-refractivity contribution in [3.8, 4) is 11.5 Å². The van der Waals surface area contributed by atoms with Crippen molar-refractivity contribution in [3.63, 3.8) is 0 Å². The predicted molar refractivity (Wildman–Crippen MR) is 189 cm³/mol. The molecule has 5 rings (SSSR count). The Morgan fingerprint density at radius 3 is 2.15 bits per heavy atom. The zero-order chi connectivity index (χ0) is 39.7. The molecule has 0 aromatic heterocycles. The number of ether oxygens (including phenoxy) is 5. The summed E-state index contributed by atoms with van der Waals surface area (Å²) < 4.78 is 28.7. The fourth-order valence-electron chi connectivity index (χ4n) is 6.88. The van der Waals surface area contributed by atoms with Gasteiger partial charge < -0.3 is 39.2 Å². The van der Waals surface area contributed by atoms with Crippen LogP contribution >= 0.6 is 0 Å². The summed E-state index contributed by atoms with van der Waals surface area (Å²) in [7, 11) is 1.41. The number of hydrogen-bond acceptors (Lipinski definition) is 13. The van der Waals surface area contributed by atoms with E-state index >= 15 is 0 Å². The van der Waals surface area contributed by atoms with Gasteiger partial charge in [-0.25, -0.2) is 0 Å². The van der Waals surface area contributed by atoms with Crippen molar-refractivity contribution in [2.75, 3.05) is 7.11 Å². The second kappa shape index (κ2) is 16.0. The maximum Gasteiger partial charge on any atom is 0.312 e. The molecule has 5 bridgehead atoms. The SMILES string of the molecule is CO[C@@H]1C=CO[C@@]2(C)Oc3c(C)c(OC(C)=O)c4c(c3C2=O)C(=O)C=C(NC(=O)C(C)=CC=C[C@H](C)[C@H](O)[C@H](C)[C@H](O)[C@H](C)[C@@H](OC(C)=O)[C@@H]1C)C4=O. The molecule has 14 nitrogen and oxygen atoms in total. The topological polar surface area (TPSA) is 201 Å². The monoisotopic (exact) mass is 737 g/mol. The summed E-state index contributed by atoms with van der Waals surface area (Å²) in [5.41, 5.74) is -1.26. The molecule has 0 fully saturated rings. The maximum atomic E-state index is 14.1. The minimum atomic E-state index is -2.07. The van der Waals surface area contributed by atoms with E-state index in [1.807, 2.05) is 0 Å². The van der Waals surface area contributed by atoms with Gasteiger partial charge in [-0.3, -0.25) is 28.8 Å². The molecule has 53 heavy (non-hydrogen) atoms. The highest BCUT2D eigenvalue weighted by Gasteiger charge is 2.52. The van der Waals surface area contributed by atoms with Gasteiger partial charge in [-0.15, -0.1) is 0 Å². The van der Waals surface area contributed by atoms with E-state index in [0.717, 1.165) is 19.3 Å². The largest absolute Gasteiger partial charge is 0.462 e. The molecule has 0 saturated carbocycles. The summed E-state index contributed by atoms with van der Waals surface area (Å²) in [5.74, 6) is -9.71. The summed E-state index contributed by atoms with van der Waals surface area (Å²) in [6.45, 7) is 13.4. The Bertz CT molecular complexity index is 1840. The highest BCUT2D eigenvalue weighted by molar-refractivity contribution is 6.31. The number of carbonyl (C=O) groups is 6. The fourth-order valence-corrected chi connectivity index (χ4v) is 6.88. The lowest BCUT2D eigenvalue weighted by molar-refractivity contribution is -0.160. The normalized spacial score (nSPS) is 30.9. The van der Waals surface area contributed by atoms with Gasteiger partial charge >= 0.3 is 17.7 Å². The highest BCUT2D eigenvalue weighted by atomic mass is 16.7. The van der Waals surface area contributed by atoms with E-state index in [-0.39, 0.29) is 33.8 Å². The van der Waals surface area contributed by atoms with Gasteiger partial charge in [0, 0.05) is 68.8 Å². The van der Waals surface area contributed by atoms with Crippen LogP contribution in [0.1, 0.15) is 92.0 Å². The Morgan fingerprint density at radius 2 is 1.55 bits per heavy atom. The minimum Gasteiger partial charge on any atom is -0.462 e. The first kappa shape index (κ1) is 40.8. The van der Waals surface area contributed by atoms with Gasteiger partial charge in [0.1, 0.15) is 17.6 Å². The molecule has 1 amide bonds. The second-order valence-electron chi connectivity index (χ2n) is 14.0. The van der Waals surface area contributed by atoms with Crippen molar-refractivity contribution >= 4 is 35.2 Å². The summed E-state index contributed by atoms with van der Waals surface area (Å²) >= 11 is 0. The van der Waals surface area contributed by atoms with Crippen molar-refractivity contribution in [1.29, 1.82) is 0 Å². The van der Waals surface area contributed by atoms with Gasteiger partial charge in [-0.05, 0) is 19.9 Å². The van der Waals surface area contributed by atoms with E-state index in [4.69, 9.17) is 23.7 Å². The Hall–Kier alpha value is -4.92. The van der Waals surface area contributed by atoms with Crippen LogP contribution in [0.3, 0.4) is 0 Å². The number of amides is 1. The Balaban J connectivity index is 1.88. The smallest absolute Gasteiger partial charge is 0.312 e. The summed E-state index contributed by atoms with van der Waals surface area (Å²) in [6.07, 6.45) is 4.21. The molecular formula is C39H47NO13. The number of aliphatic hydroxyl groups is 2. The Morgan fingerprint density at radius 1 is 0.887 bits per heavy atom. The first-order valence-corrected chi connectivity index (χ1v) is 17.3. The molecule has 286 valence electrons. The molecule has 1 aromatic carbocycles. The van der Waals surface area contributed by atoms with E-state index in [1.165, 1.54) is 53.0 Å². The predicted octanol–water partition coefficient (Wildman–Crippen LogP) is 3.85. The van der Waals surface area contributed by atoms with E-state index in [9.17, 15) is 39.0 Å². The van der Waals surface area contributed by atoms with Gasteiger partial charge in [0.25, 0.3) is 11.7 Å². The first-order valence-electron chi connectivity index (χ1n) is 17.3. The molecule has 0 unspecified atom stereocenters. The van der Waals surface area contributed by atoms with Gasteiger partial charge in [0.2, 0.25) is 5.78 Å². The second-order valence-corrected chi connectivity index (χ2v) is 14.0. The quantitative estimate of drug-likeness (QED) is 0.299. The third-order valence-electron chi connectivity index (χ3n) is 10.0. The van der Waals surface area contributed by atoms with Crippen LogP contribution in [0.15, 0.2) is 47.9 Å². The van der Waals surface area contributed by atoms with Gasteiger partial charge in [0.05, 0.1) is 47.0 Å². The number of benzene rings is 1. The third kappa shape index (κ3) is 8.04. The lowest BCUT2D eigenvalue weighted by atomic mass is 9.78. The first-order chi connectivity index (χ1) is 24.7. The zero-order valence-corrected chi connectivity index (χ0v) is 31.5. The lowest BCUT2D eigenvalue weighted by Crippen LogP contribution is -2.46. The molecule has 1 aliphatic carbocycles. The number of allylic oxidation sites excluding steroid dienone is 4. The molecule has 9 atom stereocenters. The zero-order valence-electron chi connectivity index (χ0n) is 31.5. The number of carbonyl (C=O) groups excluding carboxylic acids is 6. The third-order valence-corrected chi connectivity index (χ3v) is 10.0. The van der Waals surface area contributed by atoms with Crippen LogP contribution in [0, 0.1) is 30.6 Å². The molecule has 0 radical (unpaired) electrons. The number of hydrogen-bond donors (Lipinski definition) is 3. The summed E-state index contributed by atoms with van der Waals surface area (Å²) in [5, 5.41) is 25.1. The van der Waals surface area contributed by atoms with Crippen LogP contribution in [0.25, 0.3) is 0 Å². The van der Waals surface area contributed by atoms with E-state index in [2.05, 4.69) is 5.32 Å². The average Bonchev–Trinajstić information content (AvgIpc) is 3.36. The number of aliphatic hydroxyl groups excluding tert-OH is 2. The number of nitrogens with one attached hydrogen (secondary N) is 1. The van der Waals surface area contributed by atoms with Gasteiger partial charge in [-0.2, -0.15) is 0 Å². The van der Waals surface area contributed by atoms with Crippen molar-refractivity contribution < 1.29 is 62.7 Å². The summed E-state index contributed by atoms with van der Waals surface area (Å²) in [6, 6.07) is 0. The van der Waals surface area contributed by atoms with Gasteiger partial charge in [0.15, 0.2) is 5.78 Å². The summed E-state index contributed by atoms with van der Waals surface area (Å²) in [4.78, 5) is 79.4. The number of fused-ring (bicyclic) bond motifs is 14. The molecule has 3 N–H and O–H groups in total. The maximum absolute atomic E-state index is 14.1. The molecule has 3 heterocycles. The van der Waals surface area contributed by atoms with Crippen molar-refractivity contribution in [1.82, 2.24) is 5.32 Å².